The molecule has 0 spiro atoms. The summed E-state index contributed by atoms with van der Waals surface area (Å²) in [5, 5.41) is 0.341. The summed E-state index contributed by atoms with van der Waals surface area (Å²) in [6, 6.07) is 5.13. The third-order valence-electron chi connectivity index (χ3n) is 2.72. The molecule has 0 fully saturated rings. The summed E-state index contributed by atoms with van der Waals surface area (Å²) < 4.78 is 33.8. The Bertz CT molecular complexity index is 637. The van der Waals surface area contributed by atoms with Gasteiger partial charge in [-0.3, -0.25) is 4.79 Å². The lowest BCUT2D eigenvalue weighted by Gasteiger charge is -2.23. The number of carbonyl (C=O) groups excluding carboxylic acids is 2. The van der Waals surface area contributed by atoms with Gasteiger partial charge >= 0.3 is 5.97 Å². The fourth-order valence-corrected chi connectivity index (χ4v) is 2.69. The molecule has 0 amide bonds. The summed E-state index contributed by atoms with van der Waals surface area (Å²) in [5.74, 6) is -1.84. The average molecular weight is 335 g/mol. The van der Waals surface area contributed by atoms with Crippen LogP contribution in [-0.4, -0.2) is 32.4 Å². The Labute approximate surface area is 128 Å². The van der Waals surface area contributed by atoms with Crippen molar-refractivity contribution in [3.05, 3.63) is 29.3 Å². The first-order valence-electron chi connectivity index (χ1n) is 6.03. The molecule has 0 saturated carbocycles. The van der Waals surface area contributed by atoms with Crippen molar-refractivity contribution in [3.63, 3.8) is 0 Å². The van der Waals surface area contributed by atoms with Crippen LogP contribution in [0.25, 0.3) is 0 Å². The monoisotopic (exact) mass is 334 g/mol. The van der Waals surface area contributed by atoms with Crippen LogP contribution in [0.5, 0.6) is 0 Å². The molecule has 21 heavy (non-hydrogen) atoms. The van der Waals surface area contributed by atoms with Gasteiger partial charge in [-0.2, -0.15) is 8.42 Å². The van der Waals surface area contributed by atoms with E-state index in [2.05, 4.69) is 0 Å². The highest BCUT2D eigenvalue weighted by Crippen LogP contribution is 2.24. The Morgan fingerprint density at radius 2 is 1.76 bits per heavy atom. The van der Waals surface area contributed by atoms with Gasteiger partial charge in [-0.1, -0.05) is 11.6 Å². The van der Waals surface area contributed by atoms with Crippen LogP contribution in [0.2, 0.25) is 5.02 Å². The van der Waals surface area contributed by atoms with E-state index in [4.69, 9.17) is 20.5 Å². The van der Waals surface area contributed by atoms with Crippen LogP contribution in [0.3, 0.4) is 0 Å². The molecular weight excluding hydrogens is 320 g/mol. The highest BCUT2D eigenvalue weighted by molar-refractivity contribution is 7.86. The Kier molecular flexibility index (Phi) is 5.49. The highest BCUT2D eigenvalue weighted by atomic mass is 35.5. The number of rotatable bonds is 6. The summed E-state index contributed by atoms with van der Waals surface area (Å²) >= 11 is 5.67. The summed E-state index contributed by atoms with van der Waals surface area (Å²) in [5.41, 5.74) is -2.23. The van der Waals surface area contributed by atoms with Crippen molar-refractivity contribution in [2.24, 2.45) is 0 Å². The average Bonchev–Trinajstić information content (AvgIpc) is 2.38. The lowest BCUT2D eigenvalue weighted by atomic mass is 10.0. The van der Waals surface area contributed by atoms with Gasteiger partial charge < -0.3 is 4.74 Å². The predicted molar refractivity (Wildman–Crippen MR) is 75.4 cm³/mol. The fraction of sp³-hybridized carbons (Fsp3) is 0.385. The van der Waals surface area contributed by atoms with Crippen molar-refractivity contribution in [2.45, 2.75) is 31.3 Å². The first-order valence-corrected chi connectivity index (χ1v) is 7.81. The molecule has 0 aliphatic heterocycles. The second kappa shape index (κ2) is 6.55. The molecule has 0 N–H and O–H groups in total. The van der Waals surface area contributed by atoms with Gasteiger partial charge in [0, 0.05) is 5.02 Å². The predicted octanol–water partition coefficient (Wildman–Crippen LogP) is 1.96. The van der Waals surface area contributed by atoms with Crippen LogP contribution in [0.15, 0.2) is 29.2 Å². The summed E-state index contributed by atoms with van der Waals surface area (Å²) in [6.07, 6.45) is 0. The summed E-state index contributed by atoms with van der Waals surface area (Å²) in [6.45, 7) is 3.63. The van der Waals surface area contributed by atoms with E-state index in [1.807, 2.05) is 0 Å². The van der Waals surface area contributed by atoms with Gasteiger partial charge in [0.15, 0.2) is 5.78 Å². The molecule has 0 saturated heterocycles. The maximum atomic E-state index is 12.1. The molecule has 0 radical (unpaired) electrons. The highest BCUT2D eigenvalue weighted by Gasteiger charge is 2.46. The van der Waals surface area contributed by atoms with Gasteiger partial charge in [-0.05, 0) is 45.0 Å². The maximum absolute atomic E-state index is 12.1. The molecule has 0 aromatic heterocycles. The number of benzene rings is 1. The van der Waals surface area contributed by atoms with Crippen molar-refractivity contribution in [2.75, 3.05) is 6.61 Å². The van der Waals surface area contributed by atoms with Gasteiger partial charge in [-0.15, -0.1) is 0 Å². The molecule has 1 rings (SSSR count). The van der Waals surface area contributed by atoms with E-state index < -0.39 is 27.5 Å². The zero-order valence-electron chi connectivity index (χ0n) is 11.8. The molecule has 0 bridgehead atoms. The molecule has 0 heterocycles. The van der Waals surface area contributed by atoms with E-state index in [-0.39, 0.29) is 11.5 Å². The number of esters is 1. The largest absolute Gasteiger partial charge is 0.463 e. The zero-order valence-corrected chi connectivity index (χ0v) is 13.3. The number of ether oxygens (including phenoxy) is 1. The van der Waals surface area contributed by atoms with Gasteiger partial charge in [0.05, 0.1) is 11.5 Å². The van der Waals surface area contributed by atoms with E-state index in [1.165, 1.54) is 31.2 Å². The Morgan fingerprint density at radius 3 is 2.19 bits per heavy atom. The Morgan fingerprint density at radius 1 is 1.24 bits per heavy atom. The van der Waals surface area contributed by atoms with Crippen LogP contribution in [0.4, 0.5) is 0 Å². The number of hydrogen-bond donors (Lipinski definition) is 0. The molecule has 1 aromatic rings. The van der Waals surface area contributed by atoms with Crippen molar-refractivity contribution < 1.29 is 26.9 Å². The SMILES string of the molecule is CCOC(=O)C(C)(OS(=O)(=O)c1ccc(Cl)cc1)C(C)=O. The molecule has 116 valence electrons. The Hall–Kier alpha value is -1.44. The number of hydrogen-bond acceptors (Lipinski definition) is 6. The van der Waals surface area contributed by atoms with E-state index in [0.29, 0.717) is 5.02 Å². The Balaban J connectivity index is 3.17. The van der Waals surface area contributed by atoms with Crippen LogP contribution >= 0.6 is 11.6 Å². The van der Waals surface area contributed by atoms with E-state index in [1.54, 1.807) is 0 Å². The van der Waals surface area contributed by atoms with Gasteiger partial charge in [0.1, 0.15) is 0 Å². The van der Waals surface area contributed by atoms with E-state index in [9.17, 15) is 18.0 Å². The molecule has 0 aliphatic carbocycles. The minimum Gasteiger partial charge on any atom is -0.463 e. The van der Waals surface area contributed by atoms with Gasteiger partial charge in [0.2, 0.25) is 5.60 Å². The van der Waals surface area contributed by atoms with Gasteiger partial charge in [-0.25, -0.2) is 8.98 Å². The normalized spacial score (nSPS) is 14.3. The lowest BCUT2D eigenvalue weighted by Crippen LogP contribution is -2.47. The second-order valence-electron chi connectivity index (χ2n) is 4.30. The smallest absolute Gasteiger partial charge is 0.347 e. The molecule has 1 unspecified atom stereocenters. The molecule has 6 nitrogen and oxygen atoms in total. The number of ketones is 1. The second-order valence-corrected chi connectivity index (χ2v) is 6.28. The van der Waals surface area contributed by atoms with Crippen molar-refractivity contribution in [3.8, 4) is 0 Å². The summed E-state index contributed by atoms with van der Waals surface area (Å²) in [7, 11) is -4.32. The topological polar surface area (TPSA) is 86.7 Å². The fourth-order valence-electron chi connectivity index (χ4n) is 1.37. The number of carbonyl (C=O) groups is 2. The molecule has 1 atom stereocenters. The standard InChI is InChI=1S/C13H15ClO6S/c1-4-19-12(16)13(3,9(2)15)20-21(17,18)11-7-5-10(14)6-8-11/h5-8H,4H2,1-3H3. The molecule has 8 heteroatoms. The molecular formula is C13H15ClO6S. The molecule has 0 aliphatic rings. The van der Waals surface area contributed by atoms with E-state index >= 15 is 0 Å². The van der Waals surface area contributed by atoms with Crippen molar-refractivity contribution in [1.82, 2.24) is 0 Å². The maximum Gasteiger partial charge on any atom is 0.347 e. The van der Waals surface area contributed by atoms with Crippen molar-refractivity contribution in [1.29, 1.82) is 0 Å². The summed E-state index contributed by atoms with van der Waals surface area (Å²) in [4.78, 5) is 23.2. The first-order chi connectivity index (χ1) is 9.63. The first kappa shape index (κ1) is 17.6. The van der Waals surface area contributed by atoms with Crippen LogP contribution in [0, 0.1) is 0 Å². The van der Waals surface area contributed by atoms with Crippen LogP contribution in [-0.2, 0) is 28.6 Å². The number of halogens is 1. The zero-order chi connectivity index (χ0) is 16.3. The van der Waals surface area contributed by atoms with Crippen molar-refractivity contribution >= 4 is 33.5 Å². The van der Waals surface area contributed by atoms with E-state index in [0.717, 1.165) is 13.8 Å². The van der Waals surface area contributed by atoms with Crippen LogP contribution in [0.1, 0.15) is 20.8 Å². The minimum atomic E-state index is -4.32. The third kappa shape index (κ3) is 4.03. The quantitative estimate of drug-likeness (QED) is 0.449. The van der Waals surface area contributed by atoms with Gasteiger partial charge in [0.25, 0.3) is 10.1 Å². The number of Topliss-reactive ketones (excluding diaryl/α,β-unsaturated/α-hetero) is 1. The minimum absolute atomic E-state index is 0.00788. The third-order valence-corrected chi connectivity index (χ3v) is 4.37. The van der Waals surface area contributed by atoms with Crippen LogP contribution < -0.4 is 0 Å². The lowest BCUT2D eigenvalue weighted by molar-refractivity contribution is -0.164. The molecule has 1 aromatic carbocycles.